The molecule has 2 heterocycles. The third-order valence-electron chi connectivity index (χ3n) is 3.93. The van der Waals surface area contributed by atoms with E-state index in [2.05, 4.69) is 47.3 Å². The standard InChI is InChI=1S/C15H28N4OS/c1-11-5-7-19(8-6-11)10-12(20)9-16-14-17-13(18-21-14)15(2,3)4/h11-12,20H,5-10H2,1-4H3,(H,16,17,18). The van der Waals surface area contributed by atoms with E-state index in [0.717, 1.165) is 36.5 Å². The highest BCUT2D eigenvalue weighted by molar-refractivity contribution is 7.09. The number of hydrogen-bond donors (Lipinski definition) is 2. The van der Waals surface area contributed by atoms with Crippen molar-refractivity contribution in [2.75, 3.05) is 31.5 Å². The van der Waals surface area contributed by atoms with E-state index in [1.54, 1.807) is 0 Å². The molecule has 1 aromatic heterocycles. The number of β-amino-alcohol motifs (C(OH)–C–C–N with tert-alkyl or cyclic N) is 1. The highest BCUT2D eigenvalue weighted by atomic mass is 32.1. The number of aromatic nitrogens is 2. The quantitative estimate of drug-likeness (QED) is 0.874. The molecule has 1 unspecified atom stereocenters. The number of nitrogens with one attached hydrogen (secondary N) is 1. The molecule has 21 heavy (non-hydrogen) atoms. The van der Waals surface area contributed by atoms with Crippen LogP contribution in [0.4, 0.5) is 5.13 Å². The van der Waals surface area contributed by atoms with Gasteiger partial charge in [0.2, 0.25) is 5.13 Å². The summed E-state index contributed by atoms with van der Waals surface area (Å²) in [6, 6.07) is 0. The summed E-state index contributed by atoms with van der Waals surface area (Å²) in [5.74, 6) is 1.68. The van der Waals surface area contributed by atoms with E-state index >= 15 is 0 Å². The molecule has 0 amide bonds. The van der Waals surface area contributed by atoms with E-state index in [0.29, 0.717) is 6.54 Å². The van der Waals surface area contributed by atoms with E-state index in [1.807, 2.05) is 0 Å². The summed E-state index contributed by atoms with van der Waals surface area (Å²) in [6.45, 7) is 12.1. The molecule has 1 fully saturated rings. The van der Waals surface area contributed by atoms with Crippen molar-refractivity contribution in [1.82, 2.24) is 14.3 Å². The van der Waals surface area contributed by atoms with Crippen molar-refractivity contribution in [3.8, 4) is 0 Å². The summed E-state index contributed by atoms with van der Waals surface area (Å²) < 4.78 is 4.37. The minimum Gasteiger partial charge on any atom is -0.390 e. The predicted octanol–water partition coefficient (Wildman–Crippen LogP) is 2.34. The Balaban J connectivity index is 1.73. The minimum absolute atomic E-state index is 0.0282. The maximum atomic E-state index is 10.1. The second kappa shape index (κ2) is 7.03. The summed E-state index contributed by atoms with van der Waals surface area (Å²) in [7, 11) is 0. The van der Waals surface area contributed by atoms with Gasteiger partial charge in [-0.2, -0.15) is 4.37 Å². The molecular formula is C15H28N4OS. The fraction of sp³-hybridized carbons (Fsp3) is 0.867. The SMILES string of the molecule is CC1CCN(CC(O)CNc2nc(C(C)(C)C)ns2)CC1. The topological polar surface area (TPSA) is 61.3 Å². The predicted molar refractivity (Wildman–Crippen MR) is 87.9 cm³/mol. The van der Waals surface area contributed by atoms with Gasteiger partial charge in [-0.25, -0.2) is 4.98 Å². The number of likely N-dealkylation sites (tertiary alicyclic amines) is 1. The van der Waals surface area contributed by atoms with Gasteiger partial charge in [-0.1, -0.05) is 27.7 Å². The van der Waals surface area contributed by atoms with Gasteiger partial charge >= 0.3 is 0 Å². The van der Waals surface area contributed by atoms with Crippen LogP contribution in [0, 0.1) is 5.92 Å². The lowest BCUT2D eigenvalue weighted by Gasteiger charge is -2.31. The van der Waals surface area contributed by atoms with Gasteiger partial charge in [0.05, 0.1) is 6.10 Å². The molecule has 5 nitrogen and oxygen atoms in total. The number of piperidine rings is 1. The van der Waals surface area contributed by atoms with Gasteiger partial charge in [0.1, 0.15) is 5.82 Å². The average Bonchev–Trinajstić information content (AvgIpc) is 2.88. The van der Waals surface area contributed by atoms with Crippen LogP contribution in [0.2, 0.25) is 0 Å². The first-order valence-corrected chi connectivity index (χ1v) is 8.60. The molecule has 0 bridgehead atoms. The van der Waals surface area contributed by atoms with Crippen LogP contribution in [0.25, 0.3) is 0 Å². The van der Waals surface area contributed by atoms with E-state index in [4.69, 9.17) is 0 Å². The molecule has 1 atom stereocenters. The van der Waals surface area contributed by atoms with Crippen molar-refractivity contribution in [3.63, 3.8) is 0 Å². The van der Waals surface area contributed by atoms with Crippen molar-refractivity contribution in [2.45, 2.75) is 52.1 Å². The van der Waals surface area contributed by atoms with Gasteiger partial charge in [-0.3, -0.25) is 0 Å². The first-order valence-electron chi connectivity index (χ1n) is 7.83. The van der Waals surface area contributed by atoms with Crippen LogP contribution in [0.3, 0.4) is 0 Å². The van der Waals surface area contributed by atoms with E-state index in [1.165, 1.54) is 24.4 Å². The summed E-state index contributed by atoms with van der Waals surface area (Å²) in [5.41, 5.74) is -0.0282. The first-order chi connectivity index (χ1) is 9.84. The Hall–Kier alpha value is -0.720. The number of aliphatic hydroxyl groups is 1. The highest BCUT2D eigenvalue weighted by Gasteiger charge is 2.21. The maximum Gasteiger partial charge on any atom is 0.202 e. The lowest BCUT2D eigenvalue weighted by molar-refractivity contribution is 0.0990. The van der Waals surface area contributed by atoms with Crippen LogP contribution in [0.5, 0.6) is 0 Å². The summed E-state index contributed by atoms with van der Waals surface area (Å²) in [4.78, 5) is 6.84. The Morgan fingerprint density at radius 2 is 2.05 bits per heavy atom. The van der Waals surface area contributed by atoms with E-state index < -0.39 is 0 Å². The Kier molecular flexibility index (Phi) is 5.57. The molecule has 120 valence electrons. The normalized spacial score (nSPS) is 19.7. The molecule has 0 aliphatic carbocycles. The molecule has 1 saturated heterocycles. The Morgan fingerprint density at radius 1 is 1.38 bits per heavy atom. The Bertz CT molecular complexity index is 435. The second-order valence-electron chi connectivity index (χ2n) is 7.19. The molecule has 0 radical (unpaired) electrons. The lowest BCUT2D eigenvalue weighted by atomic mass is 9.96. The van der Waals surface area contributed by atoms with Gasteiger partial charge < -0.3 is 15.3 Å². The molecule has 0 saturated carbocycles. The average molecular weight is 312 g/mol. The van der Waals surface area contributed by atoms with E-state index in [-0.39, 0.29) is 11.5 Å². The molecule has 0 spiro atoms. The fourth-order valence-corrected chi connectivity index (χ4v) is 3.18. The summed E-state index contributed by atoms with van der Waals surface area (Å²) in [6.07, 6.45) is 2.12. The fourth-order valence-electron chi connectivity index (χ4n) is 2.41. The molecule has 2 N–H and O–H groups in total. The number of aliphatic hydroxyl groups excluding tert-OH is 1. The van der Waals surface area contributed by atoms with Crippen LogP contribution < -0.4 is 5.32 Å². The Morgan fingerprint density at radius 3 is 2.62 bits per heavy atom. The zero-order valence-electron chi connectivity index (χ0n) is 13.6. The Labute approximate surface area is 131 Å². The largest absolute Gasteiger partial charge is 0.390 e. The molecule has 0 aromatic carbocycles. The first kappa shape index (κ1) is 16.6. The van der Waals surface area contributed by atoms with Crippen LogP contribution in [-0.2, 0) is 5.41 Å². The monoisotopic (exact) mass is 312 g/mol. The van der Waals surface area contributed by atoms with Crippen LogP contribution in [0.15, 0.2) is 0 Å². The highest BCUT2D eigenvalue weighted by Crippen LogP contribution is 2.23. The van der Waals surface area contributed by atoms with Gasteiger partial charge in [0.25, 0.3) is 0 Å². The lowest BCUT2D eigenvalue weighted by Crippen LogP contribution is -2.40. The van der Waals surface area contributed by atoms with Gasteiger partial charge in [-0.05, 0) is 31.8 Å². The zero-order valence-corrected chi connectivity index (χ0v) is 14.4. The van der Waals surface area contributed by atoms with Crippen molar-refractivity contribution in [3.05, 3.63) is 5.82 Å². The number of nitrogens with zero attached hydrogens (tertiary/aromatic N) is 3. The number of rotatable bonds is 5. The summed E-state index contributed by atoms with van der Waals surface area (Å²) >= 11 is 1.37. The van der Waals surface area contributed by atoms with Gasteiger partial charge in [0.15, 0.2) is 0 Å². The van der Waals surface area contributed by atoms with Crippen molar-refractivity contribution in [1.29, 1.82) is 0 Å². The molecule has 1 aliphatic heterocycles. The third-order valence-corrected chi connectivity index (χ3v) is 4.60. The van der Waals surface area contributed by atoms with Gasteiger partial charge in [0, 0.05) is 30.0 Å². The third kappa shape index (κ3) is 5.20. The van der Waals surface area contributed by atoms with Crippen molar-refractivity contribution < 1.29 is 5.11 Å². The summed E-state index contributed by atoms with van der Waals surface area (Å²) in [5, 5.41) is 14.1. The zero-order chi connectivity index (χ0) is 15.5. The second-order valence-corrected chi connectivity index (χ2v) is 7.94. The minimum atomic E-state index is -0.361. The van der Waals surface area contributed by atoms with Crippen LogP contribution in [0.1, 0.15) is 46.4 Å². The molecule has 6 heteroatoms. The molecule has 2 rings (SSSR count). The van der Waals surface area contributed by atoms with Crippen LogP contribution >= 0.6 is 11.5 Å². The molecule has 1 aliphatic rings. The van der Waals surface area contributed by atoms with E-state index in [9.17, 15) is 5.11 Å². The maximum absolute atomic E-state index is 10.1. The number of anilines is 1. The number of hydrogen-bond acceptors (Lipinski definition) is 6. The molecule has 1 aromatic rings. The van der Waals surface area contributed by atoms with Crippen LogP contribution in [-0.4, -0.2) is 51.6 Å². The molecular weight excluding hydrogens is 284 g/mol. The van der Waals surface area contributed by atoms with Crippen molar-refractivity contribution >= 4 is 16.7 Å². The van der Waals surface area contributed by atoms with Gasteiger partial charge in [-0.15, -0.1) is 0 Å². The van der Waals surface area contributed by atoms with Crippen molar-refractivity contribution in [2.24, 2.45) is 5.92 Å². The smallest absolute Gasteiger partial charge is 0.202 e.